The van der Waals surface area contributed by atoms with Crippen LogP contribution >= 0.6 is 11.8 Å². The Hall–Kier alpha value is -2.57. The standard InChI is InChI=1S/C16H25N3O9S/c1-9(14(21)18-6-4-5-12(18)15(22)23)8-29-13(20)7-10(2)17-16(24)27-11(3)28-19(25)26/h9-12H,4-8H2,1-3H3,(H,17,24)(H,22,23)/t9-,10?,11?,12+/m1/s1. The van der Waals surface area contributed by atoms with Crippen molar-refractivity contribution in [2.24, 2.45) is 5.92 Å². The molecule has 1 saturated heterocycles. The molecule has 0 aromatic carbocycles. The number of ether oxygens (including phenoxy) is 1. The molecule has 0 bridgehead atoms. The Bertz CT molecular complexity index is 645. The van der Waals surface area contributed by atoms with Crippen LogP contribution in [0.15, 0.2) is 0 Å². The van der Waals surface area contributed by atoms with Gasteiger partial charge in [-0.1, -0.05) is 18.7 Å². The molecule has 0 radical (unpaired) electrons. The van der Waals surface area contributed by atoms with Crippen molar-refractivity contribution in [3.05, 3.63) is 10.1 Å². The van der Waals surface area contributed by atoms with Crippen molar-refractivity contribution >= 4 is 34.8 Å². The van der Waals surface area contributed by atoms with Crippen molar-refractivity contribution in [2.45, 2.75) is 58.4 Å². The maximum Gasteiger partial charge on any atom is 0.409 e. The van der Waals surface area contributed by atoms with E-state index in [4.69, 9.17) is 5.11 Å². The highest BCUT2D eigenvalue weighted by atomic mass is 32.2. The number of carbonyl (C=O) groups is 4. The average molecular weight is 435 g/mol. The number of hydrogen-bond donors (Lipinski definition) is 2. The van der Waals surface area contributed by atoms with Gasteiger partial charge < -0.3 is 20.1 Å². The third-order valence-corrected chi connectivity index (χ3v) is 5.24. The zero-order valence-corrected chi connectivity index (χ0v) is 17.2. The van der Waals surface area contributed by atoms with Gasteiger partial charge in [0.15, 0.2) is 5.12 Å². The number of likely N-dealkylation sites (tertiary alicyclic amines) is 1. The maximum absolute atomic E-state index is 12.4. The largest absolute Gasteiger partial charge is 0.480 e. The summed E-state index contributed by atoms with van der Waals surface area (Å²) >= 11 is 0.919. The molecule has 2 amide bonds. The number of amides is 2. The van der Waals surface area contributed by atoms with Crippen molar-refractivity contribution in [1.82, 2.24) is 10.2 Å². The van der Waals surface area contributed by atoms with E-state index in [-0.39, 0.29) is 23.2 Å². The molecule has 0 aliphatic carbocycles. The minimum absolute atomic E-state index is 0.0490. The van der Waals surface area contributed by atoms with E-state index in [2.05, 4.69) is 14.9 Å². The first kappa shape index (κ1) is 24.5. The van der Waals surface area contributed by atoms with Gasteiger partial charge in [-0.3, -0.25) is 14.4 Å². The number of alkyl carbamates (subject to hydrolysis) is 1. The van der Waals surface area contributed by atoms with E-state index < -0.39 is 41.4 Å². The number of carbonyl (C=O) groups excluding carboxylic acids is 3. The van der Waals surface area contributed by atoms with Gasteiger partial charge in [-0.25, -0.2) is 9.59 Å². The molecular weight excluding hydrogens is 410 g/mol. The monoisotopic (exact) mass is 435 g/mol. The van der Waals surface area contributed by atoms with Crippen LogP contribution in [-0.2, 0) is 24.0 Å². The first-order valence-electron chi connectivity index (χ1n) is 8.98. The average Bonchev–Trinajstić information content (AvgIpc) is 3.07. The Morgan fingerprint density at radius 1 is 1.31 bits per heavy atom. The van der Waals surface area contributed by atoms with E-state index in [9.17, 15) is 29.3 Å². The summed E-state index contributed by atoms with van der Waals surface area (Å²) in [5.41, 5.74) is 0. The van der Waals surface area contributed by atoms with Crippen LogP contribution in [-0.4, -0.2) is 68.8 Å². The molecule has 4 atom stereocenters. The van der Waals surface area contributed by atoms with E-state index >= 15 is 0 Å². The van der Waals surface area contributed by atoms with Gasteiger partial charge in [0.05, 0.1) is 0 Å². The van der Waals surface area contributed by atoms with E-state index in [0.717, 1.165) is 11.8 Å². The van der Waals surface area contributed by atoms with Gasteiger partial charge in [0.25, 0.3) is 5.09 Å². The second kappa shape index (κ2) is 11.4. The number of carboxylic acid groups (broad SMARTS) is 1. The van der Waals surface area contributed by atoms with Gasteiger partial charge in [-0.2, -0.15) is 0 Å². The molecule has 2 unspecified atom stereocenters. The summed E-state index contributed by atoms with van der Waals surface area (Å²) < 4.78 is 4.60. The van der Waals surface area contributed by atoms with Crippen LogP contribution in [0.5, 0.6) is 0 Å². The topological polar surface area (TPSA) is 165 Å². The van der Waals surface area contributed by atoms with Gasteiger partial charge in [0.1, 0.15) is 6.04 Å². The van der Waals surface area contributed by atoms with Gasteiger partial charge in [0.2, 0.25) is 12.2 Å². The SMILES string of the molecule is CC(CC(=O)SC[C@@H](C)C(=O)N1CCC[C@H]1C(=O)O)NC(=O)OC(C)O[N+](=O)[O-]. The van der Waals surface area contributed by atoms with Gasteiger partial charge in [-0.05, 0) is 26.7 Å². The van der Waals surface area contributed by atoms with E-state index in [1.165, 1.54) is 11.8 Å². The number of rotatable bonds is 10. The molecule has 0 aromatic heterocycles. The molecule has 1 aliphatic rings. The van der Waals surface area contributed by atoms with Crippen LogP contribution in [0.2, 0.25) is 0 Å². The van der Waals surface area contributed by atoms with Crippen molar-refractivity contribution in [3.8, 4) is 0 Å². The highest BCUT2D eigenvalue weighted by molar-refractivity contribution is 8.13. The number of thioether (sulfide) groups is 1. The second-order valence-electron chi connectivity index (χ2n) is 6.66. The normalized spacial score (nSPS) is 19.0. The quantitative estimate of drug-likeness (QED) is 0.287. The molecule has 1 heterocycles. The Balaban J connectivity index is 2.36. The summed E-state index contributed by atoms with van der Waals surface area (Å²) in [5.74, 6) is -1.68. The lowest BCUT2D eigenvalue weighted by Crippen LogP contribution is -2.43. The Labute approximate surface area is 171 Å². The van der Waals surface area contributed by atoms with Gasteiger partial charge in [0, 0.05) is 30.7 Å². The van der Waals surface area contributed by atoms with E-state index in [1.807, 2.05) is 0 Å². The lowest BCUT2D eigenvalue weighted by Gasteiger charge is -2.24. The highest BCUT2D eigenvalue weighted by Gasteiger charge is 2.35. The molecule has 0 saturated carbocycles. The fraction of sp³-hybridized carbons (Fsp3) is 0.750. The number of nitrogens with zero attached hydrogens (tertiary/aromatic N) is 2. The van der Waals surface area contributed by atoms with E-state index in [1.54, 1.807) is 13.8 Å². The number of aliphatic carboxylic acids is 1. The first-order valence-corrected chi connectivity index (χ1v) is 9.97. The van der Waals surface area contributed by atoms with Crippen molar-refractivity contribution in [2.75, 3.05) is 12.3 Å². The zero-order valence-electron chi connectivity index (χ0n) is 16.4. The fourth-order valence-electron chi connectivity index (χ4n) is 2.75. The summed E-state index contributed by atoms with van der Waals surface area (Å²) in [6.45, 7) is 4.74. The van der Waals surface area contributed by atoms with Crippen LogP contribution in [0.25, 0.3) is 0 Å². The molecule has 29 heavy (non-hydrogen) atoms. The van der Waals surface area contributed by atoms with Crippen molar-refractivity contribution < 1.29 is 38.9 Å². The molecule has 1 rings (SSSR count). The van der Waals surface area contributed by atoms with Crippen molar-refractivity contribution in [1.29, 1.82) is 0 Å². The Morgan fingerprint density at radius 3 is 2.55 bits per heavy atom. The number of hydrogen-bond acceptors (Lipinski definition) is 9. The lowest BCUT2D eigenvalue weighted by atomic mass is 10.1. The molecule has 13 heteroatoms. The minimum atomic E-state index is -1.39. The fourth-order valence-corrected chi connectivity index (χ4v) is 3.69. The smallest absolute Gasteiger partial charge is 0.409 e. The maximum atomic E-state index is 12.4. The van der Waals surface area contributed by atoms with Crippen LogP contribution in [0.3, 0.4) is 0 Å². The summed E-state index contributed by atoms with van der Waals surface area (Å²) in [5, 5.41) is 20.3. The molecule has 2 N–H and O–H groups in total. The van der Waals surface area contributed by atoms with Crippen LogP contribution in [0.4, 0.5) is 4.79 Å². The predicted octanol–water partition coefficient (Wildman–Crippen LogP) is 1.02. The summed E-state index contributed by atoms with van der Waals surface area (Å²) in [7, 11) is 0. The minimum Gasteiger partial charge on any atom is -0.480 e. The Morgan fingerprint density at radius 2 is 1.97 bits per heavy atom. The highest BCUT2D eigenvalue weighted by Crippen LogP contribution is 2.22. The van der Waals surface area contributed by atoms with E-state index in [0.29, 0.717) is 19.4 Å². The van der Waals surface area contributed by atoms with Crippen LogP contribution in [0.1, 0.15) is 40.0 Å². The lowest BCUT2D eigenvalue weighted by molar-refractivity contribution is -0.777. The molecule has 164 valence electrons. The molecular formula is C16H25N3O9S. The van der Waals surface area contributed by atoms with Gasteiger partial charge in [-0.15, -0.1) is 10.1 Å². The molecule has 0 spiro atoms. The Kier molecular flexibility index (Phi) is 9.65. The molecule has 1 aliphatic heterocycles. The summed E-state index contributed by atoms with van der Waals surface area (Å²) in [4.78, 5) is 62.8. The number of nitrogens with one attached hydrogen (secondary N) is 1. The molecule has 0 aromatic rings. The zero-order chi connectivity index (χ0) is 22.1. The van der Waals surface area contributed by atoms with Crippen molar-refractivity contribution in [3.63, 3.8) is 0 Å². The predicted molar refractivity (Wildman–Crippen MR) is 100 cm³/mol. The first-order chi connectivity index (χ1) is 13.5. The third kappa shape index (κ3) is 8.54. The molecule has 1 fully saturated rings. The summed E-state index contributed by atoms with van der Waals surface area (Å²) in [6.07, 6.45) is -1.36. The molecule has 12 nitrogen and oxygen atoms in total. The second-order valence-corrected chi connectivity index (χ2v) is 7.74. The van der Waals surface area contributed by atoms with Crippen LogP contribution in [0, 0.1) is 16.0 Å². The van der Waals surface area contributed by atoms with Gasteiger partial charge >= 0.3 is 12.1 Å². The summed E-state index contributed by atoms with van der Waals surface area (Å²) in [6, 6.07) is -1.42. The number of carboxylic acids is 1. The third-order valence-electron chi connectivity index (χ3n) is 4.08. The van der Waals surface area contributed by atoms with Crippen LogP contribution < -0.4 is 5.32 Å².